The smallest absolute Gasteiger partial charge is 0.330 e. The highest BCUT2D eigenvalue weighted by atomic mass is 16.6. The van der Waals surface area contributed by atoms with Gasteiger partial charge in [-0.25, -0.2) is 4.68 Å². The Kier molecular flexibility index (Phi) is 2.35. The van der Waals surface area contributed by atoms with Crippen LogP contribution in [0.5, 0.6) is 0 Å². The highest BCUT2D eigenvalue weighted by molar-refractivity contribution is 5.51. The van der Waals surface area contributed by atoms with Crippen molar-refractivity contribution in [2.24, 2.45) is 0 Å². The zero-order valence-electron chi connectivity index (χ0n) is 8.53. The molecule has 2 N–H and O–H groups in total. The molecule has 0 amide bonds. The monoisotopic (exact) mass is 222 g/mol. The number of nitrogens with two attached hydrogens (primary N) is 1. The van der Waals surface area contributed by atoms with Crippen LogP contribution < -0.4 is 5.73 Å². The van der Waals surface area contributed by atoms with Gasteiger partial charge in [0.2, 0.25) is 5.82 Å². The number of rotatable bonds is 3. The van der Waals surface area contributed by atoms with E-state index >= 15 is 0 Å². The molecule has 2 heterocycles. The lowest BCUT2D eigenvalue weighted by molar-refractivity contribution is -0.384. The number of nitro groups is 1. The van der Waals surface area contributed by atoms with Crippen LogP contribution in [0.2, 0.25) is 0 Å². The van der Waals surface area contributed by atoms with Crippen molar-refractivity contribution in [3.8, 4) is 0 Å². The maximum Gasteiger partial charge on any atom is 0.330 e. The summed E-state index contributed by atoms with van der Waals surface area (Å²) < 4.78 is 6.55. The fraction of sp³-hybridized carbons (Fsp3) is 0.222. The molecule has 2 rings (SSSR count). The Morgan fingerprint density at radius 3 is 2.94 bits per heavy atom. The van der Waals surface area contributed by atoms with Crippen LogP contribution in [-0.2, 0) is 0 Å². The van der Waals surface area contributed by atoms with Crippen LogP contribution >= 0.6 is 0 Å². The SMILES string of the molecule is CC(c1ccco1)n1ncc([N+](=O)[O-])c1N. The molecule has 84 valence electrons. The summed E-state index contributed by atoms with van der Waals surface area (Å²) in [4.78, 5) is 10.0. The number of hydrogen-bond acceptors (Lipinski definition) is 5. The summed E-state index contributed by atoms with van der Waals surface area (Å²) in [6.07, 6.45) is 2.66. The number of furan rings is 1. The Morgan fingerprint density at radius 1 is 1.69 bits per heavy atom. The van der Waals surface area contributed by atoms with Crippen LogP contribution in [-0.4, -0.2) is 14.7 Å². The van der Waals surface area contributed by atoms with Gasteiger partial charge in [-0.15, -0.1) is 0 Å². The van der Waals surface area contributed by atoms with E-state index in [1.165, 1.54) is 10.9 Å². The van der Waals surface area contributed by atoms with Crippen molar-refractivity contribution in [2.75, 3.05) is 5.73 Å². The molecule has 0 aliphatic heterocycles. The summed E-state index contributed by atoms with van der Waals surface area (Å²) >= 11 is 0. The molecule has 2 aromatic heterocycles. The molecule has 1 atom stereocenters. The van der Waals surface area contributed by atoms with Gasteiger partial charge in [-0.1, -0.05) is 0 Å². The molecule has 1 unspecified atom stereocenters. The number of aromatic nitrogens is 2. The lowest BCUT2D eigenvalue weighted by Crippen LogP contribution is -2.11. The Bertz CT molecular complexity index is 503. The van der Waals surface area contributed by atoms with E-state index in [9.17, 15) is 10.1 Å². The van der Waals surface area contributed by atoms with Crippen molar-refractivity contribution in [3.05, 3.63) is 40.5 Å². The maximum absolute atomic E-state index is 10.6. The van der Waals surface area contributed by atoms with Crippen molar-refractivity contribution in [3.63, 3.8) is 0 Å². The van der Waals surface area contributed by atoms with Gasteiger partial charge < -0.3 is 10.2 Å². The molecule has 7 heteroatoms. The normalized spacial score (nSPS) is 12.6. The van der Waals surface area contributed by atoms with Gasteiger partial charge in [0.15, 0.2) is 0 Å². The Labute approximate surface area is 90.6 Å². The lowest BCUT2D eigenvalue weighted by Gasteiger charge is -2.09. The minimum atomic E-state index is -0.562. The zero-order chi connectivity index (χ0) is 11.7. The van der Waals surface area contributed by atoms with Crippen molar-refractivity contribution >= 4 is 11.5 Å². The third-order valence-corrected chi connectivity index (χ3v) is 2.33. The van der Waals surface area contributed by atoms with Crippen LogP contribution in [0.1, 0.15) is 18.7 Å². The van der Waals surface area contributed by atoms with Gasteiger partial charge in [-0.3, -0.25) is 10.1 Å². The largest absolute Gasteiger partial charge is 0.467 e. The first-order valence-corrected chi connectivity index (χ1v) is 4.62. The van der Waals surface area contributed by atoms with Crippen LogP contribution in [0.25, 0.3) is 0 Å². The van der Waals surface area contributed by atoms with Gasteiger partial charge in [-0.2, -0.15) is 5.10 Å². The van der Waals surface area contributed by atoms with Crippen LogP contribution in [0.3, 0.4) is 0 Å². The van der Waals surface area contributed by atoms with E-state index in [0.717, 1.165) is 6.20 Å². The number of anilines is 1. The van der Waals surface area contributed by atoms with Crippen molar-refractivity contribution < 1.29 is 9.34 Å². The van der Waals surface area contributed by atoms with E-state index in [1.54, 1.807) is 19.1 Å². The molecule has 0 aliphatic rings. The first-order valence-electron chi connectivity index (χ1n) is 4.62. The molecule has 0 radical (unpaired) electrons. The van der Waals surface area contributed by atoms with E-state index in [0.29, 0.717) is 5.76 Å². The number of hydrogen-bond donors (Lipinski definition) is 1. The molecule has 0 aliphatic carbocycles. The predicted octanol–water partition coefficient (Wildman–Crippen LogP) is 1.58. The van der Waals surface area contributed by atoms with E-state index in [1.807, 2.05) is 0 Å². The summed E-state index contributed by atoms with van der Waals surface area (Å²) in [6, 6.07) is 3.22. The molecule has 0 saturated carbocycles. The molecule has 0 fully saturated rings. The Hall–Kier alpha value is -2.31. The van der Waals surface area contributed by atoms with Gasteiger partial charge in [0.25, 0.3) is 0 Å². The summed E-state index contributed by atoms with van der Waals surface area (Å²) in [7, 11) is 0. The molecular weight excluding hydrogens is 212 g/mol. The molecule has 0 aromatic carbocycles. The standard InChI is InChI=1S/C9H10N4O3/c1-6(8-3-2-4-16-8)12-9(10)7(5-11-12)13(14)15/h2-6H,10H2,1H3. The number of nitrogen functional groups attached to an aromatic ring is 1. The fourth-order valence-electron chi connectivity index (χ4n) is 1.46. The summed E-state index contributed by atoms with van der Waals surface area (Å²) in [5.41, 5.74) is 5.43. The first-order chi connectivity index (χ1) is 7.61. The third kappa shape index (κ3) is 1.52. The van der Waals surface area contributed by atoms with Crippen LogP contribution in [0.15, 0.2) is 29.0 Å². The van der Waals surface area contributed by atoms with Gasteiger partial charge in [0, 0.05) is 0 Å². The molecular formula is C9H10N4O3. The lowest BCUT2D eigenvalue weighted by atomic mass is 10.2. The molecule has 7 nitrogen and oxygen atoms in total. The Morgan fingerprint density at radius 2 is 2.44 bits per heavy atom. The van der Waals surface area contributed by atoms with Crippen molar-refractivity contribution in [1.82, 2.24) is 9.78 Å². The molecule has 0 saturated heterocycles. The maximum atomic E-state index is 10.6. The zero-order valence-corrected chi connectivity index (χ0v) is 8.53. The second kappa shape index (κ2) is 3.69. The van der Waals surface area contributed by atoms with Crippen LogP contribution in [0, 0.1) is 10.1 Å². The van der Waals surface area contributed by atoms with E-state index < -0.39 is 4.92 Å². The molecule has 16 heavy (non-hydrogen) atoms. The summed E-state index contributed by atoms with van der Waals surface area (Å²) in [6.45, 7) is 1.80. The average molecular weight is 222 g/mol. The first kappa shape index (κ1) is 10.2. The van der Waals surface area contributed by atoms with Gasteiger partial charge >= 0.3 is 5.69 Å². The summed E-state index contributed by atoms with van der Waals surface area (Å²) in [5, 5.41) is 14.5. The molecule has 0 bridgehead atoms. The van der Waals surface area contributed by atoms with E-state index in [2.05, 4.69) is 5.10 Å². The van der Waals surface area contributed by atoms with E-state index in [-0.39, 0.29) is 17.5 Å². The highest BCUT2D eigenvalue weighted by Gasteiger charge is 2.22. The van der Waals surface area contributed by atoms with E-state index in [4.69, 9.17) is 10.2 Å². The number of nitrogens with zero attached hydrogens (tertiary/aromatic N) is 3. The van der Waals surface area contributed by atoms with Gasteiger partial charge in [-0.05, 0) is 19.1 Å². The summed E-state index contributed by atoms with van der Waals surface area (Å²) in [5.74, 6) is 0.665. The second-order valence-corrected chi connectivity index (χ2v) is 3.31. The van der Waals surface area contributed by atoms with Crippen molar-refractivity contribution in [2.45, 2.75) is 13.0 Å². The van der Waals surface area contributed by atoms with Gasteiger partial charge in [0.1, 0.15) is 18.0 Å². The highest BCUT2D eigenvalue weighted by Crippen LogP contribution is 2.26. The molecule has 0 spiro atoms. The minimum absolute atomic E-state index is 0.0221. The third-order valence-electron chi connectivity index (χ3n) is 2.33. The minimum Gasteiger partial charge on any atom is -0.467 e. The quantitative estimate of drug-likeness (QED) is 0.627. The predicted molar refractivity (Wildman–Crippen MR) is 55.8 cm³/mol. The second-order valence-electron chi connectivity index (χ2n) is 3.31. The fourth-order valence-corrected chi connectivity index (χ4v) is 1.46. The average Bonchev–Trinajstić information content (AvgIpc) is 2.84. The van der Waals surface area contributed by atoms with Gasteiger partial charge in [0.05, 0.1) is 11.2 Å². The Balaban J connectivity index is 2.38. The molecule has 2 aromatic rings. The van der Waals surface area contributed by atoms with Crippen molar-refractivity contribution in [1.29, 1.82) is 0 Å². The topological polar surface area (TPSA) is 100 Å². The van der Waals surface area contributed by atoms with Crippen LogP contribution in [0.4, 0.5) is 11.5 Å².